The molecule has 0 aromatic heterocycles. The summed E-state index contributed by atoms with van der Waals surface area (Å²) in [5.74, 6) is 0. The van der Waals surface area contributed by atoms with Gasteiger partial charge in [0.05, 0.1) is 6.10 Å². The van der Waals surface area contributed by atoms with Crippen LogP contribution in [0.1, 0.15) is 19.4 Å². The lowest BCUT2D eigenvalue weighted by Crippen LogP contribution is -1.98. The van der Waals surface area contributed by atoms with Gasteiger partial charge in [-0.05, 0) is 19.4 Å². The Labute approximate surface area is 80.5 Å². The van der Waals surface area contributed by atoms with E-state index in [1.165, 1.54) is 0 Å². The van der Waals surface area contributed by atoms with E-state index < -0.39 is 8.38 Å². The lowest BCUT2D eigenvalue weighted by atomic mass is 10.2. The largest absolute Gasteiger partial charge is 0.350 e. The van der Waals surface area contributed by atoms with E-state index >= 15 is 0 Å². The maximum absolute atomic E-state index is 9.52. The molecule has 0 aliphatic carbocycles. The van der Waals surface area contributed by atoms with Crippen molar-refractivity contribution in [1.29, 1.82) is 0 Å². The number of hydrogen-bond acceptors (Lipinski definition) is 2. The smallest absolute Gasteiger partial charge is 0.172 e. The Balaban J connectivity index is 2.41. The molecule has 3 heteroatoms. The molecule has 1 unspecified atom stereocenters. The SMILES string of the molecule is CC(C)OP(O)Cc1ccccc1. The van der Waals surface area contributed by atoms with E-state index in [2.05, 4.69) is 0 Å². The summed E-state index contributed by atoms with van der Waals surface area (Å²) in [6, 6.07) is 9.89. The highest BCUT2D eigenvalue weighted by molar-refractivity contribution is 7.45. The molecule has 0 aliphatic rings. The summed E-state index contributed by atoms with van der Waals surface area (Å²) in [6.07, 6.45) is 0.716. The van der Waals surface area contributed by atoms with Crippen LogP contribution in [0.5, 0.6) is 0 Å². The normalized spacial score (nSPS) is 13.2. The molecule has 0 saturated heterocycles. The van der Waals surface area contributed by atoms with E-state index in [0.29, 0.717) is 6.16 Å². The van der Waals surface area contributed by atoms with Crippen LogP contribution >= 0.6 is 8.38 Å². The lowest BCUT2D eigenvalue weighted by molar-refractivity contribution is 0.240. The second-order valence-corrected chi connectivity index (χ2v) is 4.38. The highest BCUT2D eigenvalue weighted by Gasteiger charge is 2.07. The van der Waals surface area contributed by atoms with Gasteiger partial charge in [0.1, 0.15) is 0 Å². The third kappa shape index (κ3) is 4.37. The molecular formula is C10H15O2P. The molecule has 1 aromatic rings. The first kappa shape index (κ1) is 10.6. The molecule has 0 fully saturated rings. The summed E-state index contributed by atoms with van der Waals surface area (Å²) < 4.78 is 5.27. The van der Waals surface area contributed by atoms with Crippen LogP contribution in [0.2, 0.25) is 0 Å². The lowest BCUT2D eigenvalue weighted by Gasteiger charge is -2.13. The highest BCUT2D eigenvalue weighted by Crippen LogP contribution is 2.37. The third-order valence-corrected chi connectivity index (χ3v) is 2.79. The van der Waals surface area contributed by atoms with Crippen LogP contribution in [0.4, 0.5) is 0 Å². The Kier molecular flexibility index (Phi) is 4.37. The van der Waals surface area contributed by atoms with Gasteiger partial charge in [-0.3, -0.25) is 0 Å². The maximum Gasteiger partial charge on any atom is 0.172 e. The van der Waals surface area contributed by atoms with Crippen molar-refractivity contribution < 1.29 is 9.42 Å². The van der Waals surface area contributed by atoms with Crippen molar-refractivity contribution in [3.05, 3.63) is 35.9 Å². The van der Waals surface area contributed by atoms with Crippen molar-refractivity contribution in [2.24, 2.45) is 0 Å². The van der Waals surface area contributed by atoms with Gasteiger partial charge in [-0.1, -0.05) is 30.3 Å². The van der Waals surface area contributed by atoms with Gasteiger partial charge in [-0.25, -0.2) is 0 Å². The summed E-state index contributed by atoms with van der Waals surface area (Å²) in [4.78, 5) is 9.52. The molecule has 0 bridgehead atoms. The molecule has 0 saturated carbocycles. The van der Waals surface area contributed by atoms with Crippen LogP contribution in [-0.4, -0.2) is 11.0 Å². The van der Waals surface area contributed by atoms with E-state index in [0.717, 1.165) is 5.56 Å². The van der Waals surface area contributed by atoms with Crippen LogP contribution in [0, 0.1) is 0 Å². The van der Waals surface area contributed by atoms with E-state index in [1.807, 2.05) is 44.2 Å². The topological polar surface area (TPSA) is 29.5 Å². The van der Waals surface area contributed by atoms with Crippen LogP contribution in [0.25, 0.3) is 0 Å². The molecule has 0 radical (unpaired) electrons. The minimum Gasteiger partial charge on any atom is -0.350 e. The number of hydrogen-bond donors (Lipinski definition) is 1. The van der Waals surface area contributed by atoms with E-state index in [4.69, 9.17) is 4.52 Å². The van der Waals surface area contributed by atoms with E-state index in [1.54, 1.807) is 0 Å². The van der Waals surface area contributed by atoms with Gasteiger partial charge in [0.25, 0.3) is 0 Å². The van der Waals surface area contributed by atoms with Gasteiger partial charge in [0, 0.05) is 6.16 Å². The summed E-state index contributed by atoms with van der Waals surface area (Å²) in [5.41, 5.74) is 1.12. The fourth-order valence-corrected chi connectivity index (χ4v) is 2.10. The Hall–Kier alpha value is -0.430. The fraction of sp³-hybridized carbons (Fsp3) is 0.400. The molecule has 1 atom stereocenters. The average Bonchev–Trinajstić information content (AvgIpc) is 2.04. The summed E-state index contributed by atoms with van der Waals surface area (Å²) in [5, 5.41) is 0. The molecule has 72 valence electrons. The molecule has 13 heavy (non-hydrogen) atoms. The van der Waals surface area contributed by atoms with E-state index in [9.17, 15) is 4.89 Å². The highest BCUT2D eigenvalue weighted by atomic mass is 31.2. The van der Waals surface area contributed by atoms with Gasteiger partial charge in [-0.15, -0.1) is 0 Å². The zero-order chi connectivity index (χ0) is 9.68. The van der Waals surface area contributed by atoms with Crippen LogP contribution in [-0.2, 0) is 10.7 Å². The average molecular weight is 198 g/mol. The van der Waals surface area contributed by atoms with Crippen molar-refractivity contribution in [1.82, 2.24) is 0 Å². The summed E-state index contributed by atoms with van der Waals surface area (Å²) >= 11 is 0. The van der Waals surface area contributed by atoms with E-state index in [-0.39, 0.29) is 6.10 Å². The molecule has 1 rings (SSSR count). The van der Waals surface area contributed by atoms with Crippen molar-refractivity contribution >= 4 is 8.38 Å². The van der Waals surface area contributed by atoms with Crippen LogP contribution in [0.15, 0.2) is 30.3 Å². The zero-order valence-corrected chi connectivity index (χ0v) is 8.87. The van der Waals surface area contributed by atoms with Gasteiger partial charge < -0.3 is 9.42 Å². The van der Waals surface area contributed by atoms with Crippen molar-refractivity contribution in [2.75, 3.05) is 0 Å². The van der Waals surface area contributed by atoms with Crippen molar-refractivity contribution in [3.63, 3.8) is 0 Å². The molecule has 1 N–H and O–H groups in total. The second-order valence-electron chi connectivity index (χ2n) is 3.15. The molecule has 0 aliphatic heterocycles. The maximum atomic E-state index is 9.52. The second kappa shape index (κ2) is 5.33. The van der Waals surface area contributed by atoms with Gasteiger partial charge >= 0.3 is 0 Å². The zero-order valence-electron chi connectivity index (χ0n) is 7.97. The predicted molar refractivity (Wildman–Crippen MR) is 55.5 cm³/mol. The molecule has 1 aromatic carbocycles. The summed E-state index contributed by atoms with van der Waals surface area (Å²) in [7, 11) is -1.30. The molecule has 2 nitrogen and oxygen atoms in total. The van der Waals surface area contributed by atoms with Gasteiger partial charge in [0.2, 0.25) is 0 Å². The minimum absolute atomic E-state index is 0.0971. The third-order valence-electron chi connectivity index (χ3n) is 1.49. The van der Waals surface area contributed by atoms with Crippen LogP contribution in [0.3, 0.4) is 0 Å². The minimum atomic E-state index is -1.30. The quantitative estimate of drug-likeness (QED) is 0.754. The Morgan fingerprint density at radius 1 is 1.31 bits per heavy atom. The van der Waals surface area contributed by atoms with Crippen molar-refractivity contribution in [3.8, 4) is 0 Å². The Morgan fingerprint density at radius 3 is 2.46 bits per heavy atom. The van der Waals surface area contributed by atoms with Gasteiger partial charge in [0.15, 0.2) is 8.38 Å². The molecular weight excluding hydrogens is 183 g/mol. The van der Waals surface area contributed by atoms with Crippen molar-refractivity contribution in [2.45, 2.75) is 26.1 Å². The first-order chi connectivity index (χ1) is 6.18. The monoisotopic (exact) mass is 198 g/mol. The van der Waals surface area contributed by atoms with Gasteiger partial charge in [-0.2, -0.15) is 0 Å². The predicted octanol–water partition coefficient (Wildman–Crippen LogP) is 2.92. The number of benzene rings is 1. The standard InChI is InChI=1S/C10H15O2P/c1-9(2)12-13(11)8-10-6-4-3-5-7-10/h3-7,9,11H,8H2,1-2H3. The number of rotatable bonds is 4. The first-order valence-corrected chi connectivity index (χ1v) is 5.75. The first-order valence-electron chi connectivity index (χ1n) is 4.35. The molecule has 0 spiro atoms. The van der Waals surface area contributed by atoms with Crippen LogP contribution < -0.4 is 0 Å². The Bertz CT molecular complexity index is 236. The molecule has 0 amide bonds. The Morgan fingerprint density at radius 2 is 1.92 bits per heavy atom. The summed E-state index contributed by atoms with van der Waals surface area (Å²) in [6.45, 7) is 3.85. The molecule has 0 heterocycles. The fourth-order valence-electron chi connectivity index (χ4n) is 1.02.